The highest BCUT2D eigenvalue weighted by Gasteiger charge is 2.17. The SMILES string of the molecule is Cc1ccc(C)c(NC(=O)CSc2nnc(NC(=O)c3ccc(C)c([N+](=O)[O-])c3)s2)c1. The first-order valence-corrected chi connectivity index (χ1v) is 10.9. The number of carbonyl (C=O) groups is 2. The van der Waals surface area contributed by atoms with E-state index in [4.69, 9.17) is 0 Å². The first kappa shape index (κ1) is 22.4. The monoisotopic (exact) mass is 457 g/mol. The number of hydrogen-bond donors (Lipinski definition) is 2. The number of benzene rings is 2. The fourth-order valence-corrected chi connectivity index (χ4v) is 4.17. The summed E-state index contributed by atoms with van der Waals surface area (Å²) in [5.74, 6) is -0.560. The van der Waals surface area contributed by atoms with E-state index in [9.17, 15) is 19.7 Å². The van der Waals surface area contributed by atoms with Gasteiger partial charge in [-0.25, -0.2) is 0 Å². The molecular formula is C20H19N5O4S2. The fourth-order valence-electron chi connectivity index (χ4n) is 2.62. The maximum atomic E-state index is 12.4. The number of nitrogens with one attached hydrogen (secondary N) is 2. The lowest BCUT2D eigenvalue weighted by atomic mass is 10.1. The molecule has 1 aromatic heterocycles. The Hall–Kier alpha value is -3.31. The van der Waals surface area contributed by atoms with Gasteiger partial charge in [-0.15, -0.1) is 10.2 Å². The second-order valence-corrected chi connectivity index (χ2v) is 8.94. The summed E-state index contributed by atoms with van der Waals surface area (Å²) >= 11 is 2.32. The highest BCUT2D eigenvalue weighted by molar-refractivity contribution is 8.01. The quantitative estimate of drug-likeness (QED) is 0.234. The van der Waals surface area contributed by atoms with Gasteiger partial charge in [-0.05, 0) is 44.0 Å². The zero-order valence-electron chi connectivity index (χ0n) is 17.0. The molecule has 0 unspecified atom stereocenters. The van der Waals surface area contributed by atoms with Crippen LogP contribution >= 0.6 is 23.1 Å². The Labute approximate surface area is 186 Å². The summed E-state index contributed by atoms with van der Waals surface area (Å²) < 4.78 is 0.515. The number of nitrogens with zero attached hydrogens (tertiary/aromatic N) is 3. The van der Waals surface area contributed by atoms with Gasteiger partial charge in [0, 0.05) is 22.9 Å². The predicted molar refractivity (Wildman–Crippen MR) is 121 cm³/mol. The molecule has 11 heteroatoms. The van der Waals surface area contributed by atoms with E-state index in [0.717, 1.165) is 28.2 Å². The van der Waals surface area contributed by atoms with Crippen LogP contribution < -0.4 is 10.6 Å². The van der Waals surface area contributed by atoms with E-state index in [-0.39, 0.29) is 28.0 Å². The highest BCUT2D eigenvalue weighted by Crippen LogP contribution is 2.27. The van der Waals surface area contributed by atoms with Gasteiger partial charge in [0.15, 0.2) is 4.34 Å². The van der Waals surface area contributed by atoms with Crippen LogP contribution in [0, 0.1) is 30.9 Å². The van der Waals surface area contributed by atoms with Crippen molar-refractivity contribution >= 4 is 51.4 Å². The molecule has 3 rings (SSSR count). The van der Waals surface area contributed by atoms with E-state index < -0.39 is 10.8 Å². The summed E-state index contributed by atoms with van der Waals surface area (Å²) in [5.41, 5.74) is 3.28. The molecule has 3 aromatic rings. The molecular weight excluding hydrogens is 438 g/mol. The van der Waals surface area contributed by atoms with Gasteiger partial charge in [-0.3, -0.25) is 25.0 Å². The zero-order chi connectivity index (χ0) is 22.5. The molecule has 1 heterocycles. The van der Waals surface area contributed by atoms with Crippen molar-refractivity contribution in [3.63, 3.8) is 0 Å². The molecule has 160 valence electrons. The smallest absolute Gasteiger partial charge is 0.273 e. The lowest BCUT2D eigenvalue weighted by Crippen LogP contribution is -2.14. The van der Waals surface area contributed by atoms with Crippen molar-refractivity contribution in [3.05, 3.63) is 68.8 Å². The van der Waals surface area contributed by atoms with E-state index in [1.807, 2.05) is 32.0 Å². The molecule has 0 bridgehead atoms. The summed E-state index contributed by atoms with van der Waals surface area (Å²) in [6, 6.07) is 10.1. The minimum absolute atomic E-state index is 0.129. The molecule has 0 saturated heterocycles. The first-order chi connectivity index (χ1) is 14.7. The Morgan fingerprint density at radius 2 is 1.81 bits per heavy atom. The van der Waals surface area contributed by atoms with E-state index in [2.05, 4.69) is 20.8 Å². The molecule has 0 saturated carbocycles. The van der Waals surface area contributed by atoms with Crippen LogP contribution in [0.3, 0.4) is 0 Å². The predicted octanol–water partition coefficient (Wildman–Crippen LogP) is 4.35. The van der Waals surface area contributed by atoms with E-state index in [1.165, 1.54) is 30.0 Å². The average Bonchev–Trinajstić information content (AvgIpc) is 3.16. The molecule has 9 nitrogen and oxygen atoms in total. The lowest BCUT2D eigenvalue weighted by molar-refractivity contribution is -0.385. The van der Waals surface area contributed by atoms with Crippen LogP contribution in [-0.4, -0.2) is 32.7 Å². The minimum atomic E-state index is -0.533. The van der Waals surface area contributed by atoms with Crippen LogP contribution in [0.2, 0.25) is 0 Å². The third-order valence-corrected chi connectivity index (χ3v) is 6.26. The molecule has 31 heavy (non-hydrogen) atoms. The third-order valence-electron chi connectivity index (χ3n) is 4.29. The Kier molecular flexibility index (Phi) is 6.98. The first-order valence-electron chi connectivity index (χ1n) is 9.12. The summed E-state index contributed by atoms with van der Waals surface area (Å²) in [6.45, 7) is 5.48. The van der Waals surface area contributed by atoms with Gasteiger partial charge in [0.1, 0.15) is 0 Å². The normalized spacial score (nSPS) is 10.5. The molecule has 2 aromatic carbocycles. The number of nitro benzene ring substituents is 1. The molecule has 0 aliphatic heterocycles. The number of carbonyl (C=O) groups excluding carboxylic acids is 2. The Bertz CT molecular complexity index is 1160. The van der Waals surface area contributed by atoms with Gasteiger partial charge in [0.2, 0.25) is 11.0 Å². The van der Waals surface area contributed by atoms with Crippen LogP contribution in [0.1, 0.15) is 27.0 Å². The largest absolute Gasteiger partial charge is 0.325 e. The number of aryl methyl sites for hydroxylation is 3. The maximum absolute atomic E-state index is 12.4. The molecule has 0 spiro atoms. The van der Waals surface area contributed by atoms with Crippen molar-refractivity contribution in [2.45, 2.75) is 25.1 Å². The van der Waals surface area contributed by atoms with Gasteiger partial charge in [0.25, 0.3) is 11.6 Å². The Balaban J connectivity index is 1.57. The molecule has 0 aliphatic carbocycles. The maximum Gasteiger partial charge on any atom is 0.273 e. The molecule has 2 N–H and O–H groups in total. The molecule has 0 fully saturated rings. The number of thioether (sulfide) groups is 1. The lowest BCUT2D eigenvalue weighted by Gasteiger charge is -2.08. The van der Waals surface area contributed by atoms with Crippen LogP contribution in [0.4, 0.5) is 16.5 Å². The Morgan fingerprint density at radius 3 is 2.55 bits per heavy atom. The summed E-state index contributed by atoms with van der Waals surface area (Å²) in [5, 5.41) is 24.6. The highest BCUT2D eigenvalue weighted by atomic mass is 32.2. The Morgan fingerprint density at radius 1 is 1.06 bits per heavy atom. The second kappa shape index (κ2) is 9.67. The average molecular weight is 458 g/mol. The number of nitro groups is 1. The third kappa shape index (κ3) is 5.86. The topological polar surface area (TPSA) is 127 Å². The van der Waals surface area contributed by atoms with Crippen molar-refractivity contribution < 1.29 is 14.5 Å². The standard InChI is InChI=1S/C20H19N5O4S2/c1-11-4-5-12(2)15(8-11)21-17(26)10-30-20-24-23-19(31-20)22-18(27)14-7-6-13(3)16(9-14)25(28)29/h4-9H,10H2,1-3H3,(H,21,26)(H,22,23,27). The van der Waals surface area contributed by atoms with Crippen molar-refractivity contribution in [1.29, 1.82) is 0 Å². The van der Waals surface area contributed by atoms with Crippen LogP contribution in [0.5, 0.6) is 0 Å². The summed E-state index contributed by atoms with van der Waals surface area (Å²) in [4.78, 5) is 35.1. The number of rotatable bonds is 7. The van der Waals surface area contributed by atoms with Crippen molar-refractivity contribution in [3.8, 4) is 0 Å². The number of hydrogen-bond acceptors (Lipinski definition) is 8. The zero-order valence-corrected chi connectivity index (χ0v) is 18.6. The van der Waals surface area contributed by atoms with Crippen LogP contribution in [-0.2, 0) is 4.79 Å². The number of aromatic nitrogens is 2. The molecule has 2 amide bonds. The fraction of sp³-hybridized carbons (Fsp3) is 0.200. The van der Waals surface area contributed by atoms with E-state index in [1.54, 1.807) is 6.92 Å². The van der Waals surface area contributed by atoms with Crippen molar-refractivity contribution in [2.75, 3.05) is 16.4 Å². The van der Waals surface area contributed by atoms with Gasteiger partial charge in [-0.1, -0.05) is 41.3 Å². The van der Waals surface area contributed by atoms with Crippen LogP contribution in [0.15, 0.2) is 40.7 Å². The van der Waals surface area contributed by atoms with Crippen LogP contribution in [0.25, 0.3) is 0 Å². The van der Waals surface area contributed by atoms with Gasteiger partial charge in [0.05, 0.1) is 10.7 Å². The van der Waals surface area contributed by atoms with E-state index in [0.29, 0.717) is 9.90 Å². The minimum Gasteiger partial charge on any atom is -0.325 e. The van der Waals surface area contributed by atoms with Gasteiger partial charge >= 0.3 is 0 Å². The van der Waals surface area contributed by atoms with Crippen molar-refractivity contribution in [2.24, 2.45) is 0 Å². The van der Waals surface area contributed by atoms with E-state index >= 15 is 0 Å². The summed E-state index contributed by atoms with van der Waals surface area (Å²) in [7, 11) is 0. The molecule has 0 radical (unpaired) electrons. The summed E-state index contributed by atoms with van der Waals surface area (Å²) in [6.07, 6.45) is 0. The second-order valence-electron chi connectivity index (χ2n) is 6.74. The van der Waals surface area contributed by atoms with Crippen molar-refractivity contribution in [1.82, 2.24) is 10.2 Å². The molecule has 0 aliphatic rings. The van der Waals surface area contributed by atoms with Gasteiger partial charge in [-0.2, -0.15) is 0 Å². The number of anilines is 2. The number of amides is 2. The molecule has 0 atom stereocenters. The van der Waals surface area contributed by atoms with Gasteiger partial charge < -0.3 is 5.32 Å².